The maximum absolute atomic E-state index is 11.3. The maximum atomic E-state index is 11.3. The van der Waals surface area contributed by atoms with Crippen LogP contribution in [0.25, 0.3) is 11.1 Å². The van der Waals surface area contributed by atoms with Crippen LogP contribution >= 0.6 is 0 Å². The van der Waals surface area contributed by atoms with E-state index in [4.69, 9.17) is 0 Å². The minimum Gasteiger partial charge on any atom is -0.389 e. The minimum atomic E-state index is -0.481. The molecular formula is C23H28O. The van der Waals surface area contributed by atoms with Crippen LogP contribution in [-0.4, -0.2) is 10.7 Å². The van der Waals surface area contributed by atoms with E-state index >= 15 is 0 Å². The first-order chi connectivity index (χ1) is 11.5. The van der Waals surface area contributed by atoms with Crippen LogP contribution in [0, 0.1) is 19.8 Å². The molecule has 2 aromatic carbocycles. The lowest BCUT2D eigenvalue weighted by Crippen LogP contribution is -2.25. The quantitative estimate of drug-likeness (QED) is 0.763. The zero-order chi connectivity index (χ0) is 17.1. The lowest BCUT2D eigenvalue weighted by molar-refractivity contribution is 0.0906. The predicted octanol–water partition coefficient (Wildman–Crippen LogP) is 5.72. The lowest BCUT2D eigenvalue weighted by Gasteiger charge is -2.30. The average molecular weight is 320 g/mol. The fourth-order valence-corrected chi connectivity index (χ4v) is 5.21. The van der Waals surface area contributed by atoms with Crippen LogP contribution in [0.3, 0.4) is 0 Å². The van der Waals surface area contributed by atoms with Gasteiger partial charge in [0.2, 0.25) is 0 Å². The van der Waals surface area contributed by atoms with Gasteiger partial charge >= 0.3 is 0 Å². The second-order valence-corrected chi connectivity index (χ2v) is 7.93. The van der Waals surface area contributed by atoms with Crippen molar-refractivity contribution in [2.24, 2.45) is 5.92 Å². The van der Waals surface area contributed by atoms with E-state index in [9.17, 15) is 5.11 Å². The molecule has 1 heteroatoms. The van der Waals surface area contributed by atoms with Gasteiger partial charge in [-0.3, -0.25) is 0 Å². The molecule has 0 radical (unpaired) electrons. The molecular weight excluding hydrogens is 292 g/mol. The number of hydrogen-bond donors (Lipinski definition) is 1. The molecule has 1 N–H and O–H groups in total. The largest absolute Gasteiger partial charge is 0.389 e. The third kappa shape index (κ3) is 2.10. The zero-order valence-electron chi connectivity index (χ0n) is 15.3. The summed E-state index contributed by atoms with van der Waals surface area (Å²) in [6.07, 6.45) is 3.23. The van der Waals surface area contributed by atoms with Gasteiger partial charge in [-0.1, -0.05) is 68.7 Å². The fraction of sp³-hybridized carbons (Fsp3) is 0.478. The Morgan fingerprint density at radius 2 is 1.88 bits per heavy atom. The molecule has 3 atom stereocenters. The summed E-state index contributed by atoms with van der Waals surface area (Å²) in [5.41, 5.74) is 7.71. The Labute approximate surface area is 145 Å². The van der Waals surface area contributed by atoms with Crippen LogP contribution in [0.2, 0.25) is 0 Å². The van der Waals surface area contributed by atoms with Crippen LogP contribution in [0.4, 0.5) is 0 Å². The van der Waals surface area contributed by atoms with Crippen molar-refractivity contribution in [2.45, 2.75) is 64.4 Å². The van der Waals surface area contributed by atoms with Gasteiger partial charge in [0, 0.05) is 11.8 Å². The molecule has 0 spiro atoms. The molecule has 1 saturated carbocycles. The number of aliphatic hydroxyl groups is 1. The van der Waals surface area contributed by atoms with Crippen molar-refractivity contribution < 1.29 is 5.11 Å². The molecule has 2 aliphatic carbocycles. The van der Waals surface area contributed by atoms with Crippen molar-refractivity contribution in [1.29, 1.82) is 0 Å². The second-order valence-electron chi connectivity index (χ2n) is 7.93. The Morgan fingerprint density at radius 3 is 2.54 bits per heavy atom. The molecule has 3 unspecified atom stereocenters. The van der Waals surface area contributed by atoms with Gasteiger partial charge in [-0.15, -0.1) is 0 Å². The van der Waals surface area contributed by atoms with Gasteiger partial charge in [-0.25, -0.2) is 0 Å². The van der Waals surface area contributed by atoms with E-state index in [0.29, 0.717) is 17.8 Å². The Morgan fingerprint density at radius 1 is 1.12 bits per heavy atom. The molecule has 2 aliphatic rings. The molecule has 4 rings (SSSR count). The first-order valence-electron chi connectivity index (χ1n) is 9.44. The van der Waals surface area contributed by atoms with Crippen molar-refractivity contribution in [1.82, 2.24) is 0 Å². The third-order valence-corrected chi connectivity index (χ3v) is 6.51. The van der Waals surface area contributed by atoms with Crippen LogP contribution in [0.1, 0.15) is 67.2 Å². The highest BCUT2D eigenvalue weighted by atomic mass is 16.3. The van der Waals surface area contributed by atoms with Crippen molar-refractivity contribution in [3.63, 3.8) is 0 Å². The van der Waals surface area contributed by atoms with E-state index in [-0.39, 0.29) is 0 Å². The molecule has 0 saturated heterocycles. The fourth-order valence-electron chi connectivity index (χ4n) is 5.21. The summed E-state index contributed by atoms with van der Waals surface area (Å²) in [6.45, 7) is 8.92. The summed E-state index contributed by atoms with van der Waals surface area (Å²) in [5, 5.41) is 11.3. The van der Waals surface area contributed by atoms with E-state index in [1.165, 1.54) is 33.4 Å². The predicted molar refractivity (Wildman–Crippen MR) is 100 cm³/mol. The van der Waals surface area contributed by atoms with E-state index < -0.39 is 5.60 Å². The summed E-state index contributed by atoms with van der Waals surface area (Å²) < 4.78 is 0. The Hall–Kier alpha value is -1.60. The Balaban J connectivity index is 1.95. The molecule has 2 aromatic rings. The normalized spacial score (nSPS) is 27.2. The summed E-state index contributed by atoms with van der Waals surface area (Å²) in [4.78, 5) is 0. The summed E-state index contributed by atoms with van der Waals surface area (Å²) in [6, 6.07) is 13.4. The van der Waals surface area contributed by atoms with Gasteiger partial charge in [0.1, 0.15) is 0 Å². The molecule has 0 amide bonds. The van der Waals surface area contributed by atoms with Gasteiger partial charge in [0.15, 0.2) is 0 Å². The molecule has 24 heavy (non-hydrogen) atoms. The van der Waals surface area contributed by atoms with Crippen LogP contribution in [-0.2, 0) is 0 Å². The maximum Gasteiger partial charge on any atom is 0.0795 e. The third-order valence-electron chi connectivity index (χ3n) is 6.51. The van der Waals surface area contributed by atoms with Crippen molar-refractivity contribution in [2.75, 3.05) is 0 Å². The van der Waals surface area contributed by atoms with Crippen LogP contribution in [0.5, 0.6) is 0 Å². The number of aryl methyl sites for hydroxylation is 2. The van der Waals surface area contributed by atoms with E-state index in [2.05, 4.69) is 64.1 Å². The van der Waals surface area contributed by atoms with E-state index in [1.807, 2.05) is 0 Å². The van der Waals surface area contributed by atoms with Crippen molar-refractivity contribution in [3.05, 3.63) is 58.7 Å². The highest BCUT2D eigenvalue weighted by molar-refractivity contribution is 5.77. The van der Waals surface area contributed by atoms with E-state index in [1.54, 1.807) is 0 Å². The molecule has 126 valence electrons. The Bertz CT molecular complexity index is 787. The first kappa shape index (κ1) is 15.9. The molecule has 1 nitrogen and oxygen atoms in total. The average Bonchev–Trinajstić information content (AvgIpc) is 3.18. The molecule has 0 heterocycles. The summed E-state index contributed by atoms with van der Waals surface area (Å²) in [7, 11) is 0. The smallest absolute Gasteiger partial charge is 0.0795 e. The topological polar surface area (TPSA) is 20.2 Å². The standard InChI is InChI=1S/C23H28O/c1-5-16(6-2)22-21-18(19-13-23(19,22)24)11-10-15(4)20(21)17-9-7-8-14(3)12-17/h7-12,16,19,22,24H,5-6,13H2,1-4H3. The minimum absolute atomic E-state index is 0.294. The van der Waals surface area contributed by atoms with Gasteiger partial charge in [0.25, 0.3) is 0 Å². The lowest BCUT2D eigenvalue weighted by atomic mass is 9.76. The second kappa shape index (κ2) is 5.46. The van der Waals surface area contributed by atoms with Crippen LogP contribution in [0.15, 0.2) is 36.4 Å². The highest BCUT2D eigenvalue weighted by Gasteiger charge is 2.66. The molecule has 0 bridgehead atoms. The molecule has 0 aliphatic heterocycles. The SMILES string of the molecule is CCC(CC)C1c2c(ccc(C)c2-c2cccc(C)c2)C2CC21O. The van der Waals surface area contributed by atoms with Crippen molar-refractivity contribution in [3.8, 4) is 11.1 Å². The Kier molecular flexibility index (Phi) is 3.61. The van der Waals surface area contributed by atoms with Gasteiger partial charge in [0.05, 0.1) is 5.60 Å². The number of rotatable bonds is 4. The zero-order valence-corrected chi connectivity index (χ0v) is 15.3. The number of fused-ring (bicyclic) bond motifs is 3. The van der Waals surface area contributed by atoms with Gasteiger partial charge in [-0.2, -0.15) is 0 Å². The molecule has 0 aromatic heterocycles. The summed E-state index contributed by atoms with van der Waals surface area (Å²) in [5.74, 6) is 1.22. The molecule has 1 fully saturated rings. The summed E-state index contributed by atoms with van der Waals surface area (Å²) >= 11 is 0. The first-order valence-corrected chi connectivity index (χ1v) is 9.44. The van der Waals surface area contributed by atoms with Crippen LogP contribution < -0.4 is 0 Å². The number of benzene rings is 2. The van der Waals surface area contributed by atoms with Gasteiger partial charge in [-0.05, 0) is 54.0 Å². The monoisotopic (exact) mass is 320 g/mol. The van der Waals surface area contributed by atoms with E-state index in [0.717, 1.165) is 19.3 Å². The number of hydrogen-bond acceptors (Lipinski definition) is 1. The van der Waals surface area contributed by atoms with Gasteiger partial charge < -0.3 is 5.11 Å². The van der Waals surface area contributed by atoms with Crippen molar-refractivity contribution >= 4 is 0 Å². The highest BCUT2D eigenvalue weighted by Crippen LogP contribution is 2.69.